The number of fused-ring (bicyclic) bond motifs is 2. The minimum absolute atomic E-state index is 0.0211. The van der Waals surface area contributed by atoms with Crippen molar-refractivity contribution in [1.82, 2.24) is 10.2 Å². The number of sulfone groups is 1. The fourth-order valence-corrected chi connectivity index (χ4v) is 6.28. The van der Waals surface area contributed by atoms with Crippen LogP contribution in [0.25, 0.3) is 11.1 Å². The number of carbonyl (C=O) groups is 2. The molecule has 1 N–H and O–H groups in total. The number of amides is 2. The van der Waals surface area contributed by atoms with E-state index in [1.165, 1.54) is 29.2 Å². The number of nitrogens with zero attached hydrogens (tertiary/aromatic N) is 2. The second-order valence-corrected chi connectivity index (χ2v) is 13.7. The molecule has 0 spiro atoms. The summed E-state index contributed by atoms with van der Waals surface area (Å²) in [5.41, 5.74) is 0.396. The highest BCUT2D eigenvalue weighted by molar-refractivity contribution is 7.90. The van der Waals surface area contributed by atoms with Gasteiger partial charge in [0.25, 0.3) is 0 Å². The number of piperidine rings is 1. The lowest BCUT2D eigenvalue weighted by Gasteiger charge is -2.35. The molecule has 1 aliphatic heterocycles. The first-order valence-electron chi connectivity index (χ1n) is 13.7. The summed E-state index contributed by atoms with van der Waals surface area (Å²) in [4.78, 5) is 27.8. The standard InChI is InChI=1S/C30H36FN3O6S/c1-6-39-24-13-21(14-25(16-24)41(5,37)38)18-7-8-19(26(31)15-18)11-22(17-32)33-28(35)27-20-9-10-23(12-20)34(27)29(36)40-30(2,3)4/h7-8,13-16,20,22-23,27H,6,9-12H2,1-5H3,(H,33,35)/t20-,22-,23+,27-/m0/s1. The van der Waals surface area contributed by atoms with E-state index in [2.05, 4.69) is 5.32 Å². The molecule has 2 bridgehead atoms. The van der Waals surface area contributed by atoms with Gasteiger partial charge in [-0.3, -0.25) is 9.69 Å². The van der Waals surface area contributed by atoms with Crippen molar-refractivity contribution in [3.63, 3.8) is 0 Å². The molecule has 1 heterocycles. The van der Waals surface area contributed by atoms with Crippen molar-refractivity contribution in [3.8, 4) is 22.9 Å². The average Bonchev–Trinajstić information content (AvgIpc) is 3.50. The van der Waals surface area contributed by atoms with E-state index in [4.69, 9.17) is 9.47 Å². The molecule has 2 amide bonds. The molecule has 1 saturated carbocycles. The zero-order chi connectivity index (χ0) is 30.1. The molecule has 0 unspecified atom stereocenters. The Kier molecular flexibility index (Phi) is 8.64. The first kappa shape index (κ1) is 30.3. The largest absolute Gasteiger partial charge is 0.494 e. The van der Waals surface area contributed by atoms with Crippen LogP contribution in [0.3, 0.4) is 0 Å². The van der Waals surface area contributed by atoms with Crippen molar-refractivity contribution in [3.05, 3.63) is 47.8 Å². The predicted molar refractivity (Wildman–Crippen MR) is 150 cm³/mol. The second kappa shape index (κ2) is 11.7. The van der Waals surface area contributed by atoms with Crippen LogP contribution in [-0.4, -0.2) is 61.9 Å². The van der Waals surface area contributed by atoms with Crippen LogP contribution < -0.4 is 10.1 Å². The number of likely N-dealkylation sites (tertiary alicyclic amines) is 1. The van der Waals surface area contributed by atoms with Crippen molar-refractivity contribution >= 4 is 21.8 Å². The van der Waals surface area contributed by atoms with Crippen LogP contribution in [0.2, 0.25) is 0 Å². The molecule has 0 radical (unpaired) electrons. The van der Waals surface area contributed by atoms with E-state index in [9.17, 15) is 23.3 Å². The summed E-state index contributed by atoms with van der Waals surface area (Å²) in [7, 11) is -3.53. The van der Waals surface area contributed by atoms with E-state index in [0.717, 1.165) is 19.1 Å². The summed E-state index contributed by atoms with van der Waals surface area (Å²) in [5, 5.41) is 12.5. The van der Waals surface area contributed by atoms with Gasteiger partial charge in [0, 0.05) is 18.7 Å². The number of rotatable bonds is 8. The number of halogens is 1. The van der Waals surface area contributed by atoms with E-state index in [-0.39, 0.29) is 28.8 Å². The van der Waals surface area contributed by atoms with Gasteiger partial charge in [0.05, 0.1) is 17.6 Å². The van der Waals surface area contributed by atoms with Gasteiger partial charge in [0.1, 0.15) is 29.3 Å². The Morgan fingerprint density at radius 3 is 2.51 bits per heavy atom. The third-order valence-electron chi connectivity index (χ3n) is 7.36. The maximum absolute atomic E-state index is 15.3. The molecule has 2 aromatic carbocycles. The third-order valence-corrected chi connectivity index (χ3v) is 8.45. The molecule has 4 atom stereocenters. The van der Waals surface area contributed by atoms with Crippen LogP contribution in [0.1, 0.15) is 52.5 Å². The van der Waals surface area contributed by atoms with E-state index in [1.807, 2.05) is 6.07 Å². The van der Waals surface area contributed by atoms with Gasteiger partial charge in [-0.2, -0.15) is 5.26 Å². The second-order valence-electron chi connectivity index (χ2n) is 11.7. The molecule has 11 heteroatoms. The Labute approximate surface area is 240 Å². The zero-order valence-electron chi connectivity index (χ0n) is 23.9. The molecule has 0 aromatic heterocycles. The quantitative estimate of drug-likeness (QED) is 0.479. The van der Waals surface area contributed by atoms with Gasteiger partial charge in [-0.1, -0.05) is 12.1 Å². The molecule has 9 nitrogen and oxygen atoms in total. The van der Waals surface area contributed by atoms with Crippen molar-refractivity contribution in [2.45, 2.75) is 82.0 Å². The number of ether oxygens (including phenoxy) is 2. The molecule has 1 saturated heterocycles. The normalized spacial score (nSPS) is 20.8. The topological polar surface area (TPSA) is 126 Å². The van der Waals surface area contributed by atoms with Crippen LogP contribution in [0, 0.1) is 23.1 Å². The SMILES string of the molecule is CCOc1cc(-c2ccc(C[C@@H](C#N)NC(=O)[C@@H]3[C@H]4CC[C@H](C4)N3C(=O)OC(C)(C)C)c(F)c2)cc(S(C)(=O)=O)c1. The van der Waals surface area contributed by atoms with Crippen LogP contribution in [0.15, 0.2) is 41.3 Å². The molecule has 41 heavy (non-hydrogen) atoms. The van der Waals surface area contributed by atoms with Crippen molar-refractivity contribution in [1.29, 1.82) is 5.26 Å². The first-order valence-corrected chi connectivity index (χ1v) is 15.6. The van der Waals surface area contributed by atoms with Crippen molar-refractivity contribution in [2.75, 3.05) is 12.9 Å². The maximum atomic E-state index is 15.3. The van der Waals surface area contributed by atoms with E-state index in [0.29, 0.717) is 29.9 Å². The molecule has 1 aliphatic carbocycles. The molecule has 2 fully saturated rings. The Balaban J connectivity index is 1.51. The number of nitriles is 1. The highest BCUT2D eigenvalue weighted by Crippen LogP contribution is 2.43. The molecule has 220 valence electrons. The fourth-order valence-electron chi connectivity index (χ4n) is 5.60. The van der Waals surface area contributed by atoms with Crippen molar-refractivity contribution in [2.24, 2.45) is 5.92 Å². The lowest BCUT2D eigenvalue weighted by Crippen LogP contribution is -2.55. The van der Waals surface area contributed by atoms with Gasteiger partial charge >= 0.3 is 6.09 Å². The van der Waals surface area contributed by atoms with Gasteiger partial charge in [-0.25, -0.2) is 17.6 Å². The van der Waals surface area contributed by atoms with E-state index in [1.54, 1.807) is 39.8 Å². The summed E-state index contributed by atoms with van der Waals surface area (Å²) in [6.07, 6.45) is 2.76. The smallest absolute Gasteiger partial charge is 0.411 e. The van der Waals surface area contributed by atoms with Crippen LogP contribution in [0.5, 0.6) is 5.75 Å². The molecule has 2 aliphatic rings. The molecule has 2 aromatic rings. The number of benzene rings is 2. The molecule has 4 rings (SSSR count). The molecular weight excluding hydrogens is 549 g/mol. The van der Waals surface area contributed by atoms with Gasteiger partial charge in [0.15, 0.2) is 9.84 Å². The summed E-state index contributed by atoms with van der Waals surface area (Å²) in [6, 6.07) is 9.11. The van der Waals surface area contributed by atoms with Crippen LogP contribution >= 0.6 is 0 Å². The lowest BCUT2D eigenvalue weighted by molar-refractivity contribution is -0.128. The zero-order valence-corrected chi connectivity index (χ0v) is 24.8. The highest BCUT2D eigenvalue weighted by atomic mass is 32.2. The number of carbonyl (C=O) groups excluding carboxylic acids is 2. The highest BCUT2D eigenvalue weighted by Gasteiger charge is 2.52. The fraction of sp³-hybridized carbons (Fsp3) is 0.500. The van der Waals surface area contributed by atoms with Gasteiger partial charge < -0.3 is 14.8 Å². The molecular formula is C30H36FN3O6S. The first-order chi connectivity index (χ1) is 19.2. The lowest BCUT2D eigenvalue weighted by atomic mass is 9.97. The van der Waals surface area contributed by atoms with Gasteiger partial charge in [-0.05, 0) is 93.8 Å². The minimum Gasteiger partial charge on any atom is -0.494 e. The van der Waals surface area contributed by atoms with Gasteiger partial charge in [-0.15, -0.1) is 0 Å². The third kappa shape index (κ3) is 6.99. The minimum atomic E-state index is -3.53. The predicted octanol–water partition coefficient (Wildman–Crippen LogP) is 4.63. The monoisotopic (exact) mass is 585 g/mol. The Hall–Kier alpha value is -3.65. The van der Waals surface area contributed by atoms with Gasteiger partial charge in [0.2, 0.25) is 5.91 Å². The average molecular weight is 586 g/mol. The summed E-state index contributed by atoms with van der Waals surface area (Å²) in [6.45, 7) is 7.40. The number of nitrogens with one attached hydrogen (secondary N) is 1. The summed E-state index contributed by atoms with van der Waals surface area (Å²) >= 11 is 0. The number of hydrogen-bond donors (Lipinski definition) is 1. The van der Waals surface area contributed by atoms with Crippen molar-refractivity contribution < 1.29 is 31.9 Å². The maximum Gasteiger partial charge on any atom is 0.411 e. The van der Waals surface area contributed by atoms with E-state index >= 15 is 4.39 Å². The Bertz CT molecular complexity index is 1480. The van der Waals surface area contributed by atoms with Crippen LogP contribution in [-0.2, 0) is 25.8 Å². The van der Waals surface area contributed by atoms with Crippen LogP contribution in [0.4, 0.5) is 9.18 Å². The Morgan fingerprint density at radius 1 is 1.17 bits per heavy atom. The number of hydrogen-bond acceptors (Lipinski definition) is 7. The Morgan fingerprint density at radius 2 is 1.90 bits per heavy atom. The summed E-state index contributed by atoms with van der Waals surface area (Å²) < 4.78 is 50.6. The van der Waals surface area contributed by atoms with E-state index < -0.39 is 45.3 Å². The summed E-state index contributed by atoms with van der Waals surface area (Å²) in [5.74, 6) is -0.724.